The maximum Gasteiger partial charge on any atom is 0.320 e. The zero-order valence-corrected chi connectivity index (χ0v) is 16.3. The van der Waals surface area contributed by atoms with E-state index >= 15 is 0 Å². The molecular weight excluding hydrogens is 344 g/mol. The van der Waals surface area contributed by atoms with E-state index in [0.29, 0.717) is 0 Å². The number of rotatable bonds is 7. The Morgan fingerprint density at radius 1 is 1.19 bits per heavy atom. The average Bonchev–Trinajstić information content (AvgIpc) is 3.51. The molecule has 1 N–H and O–H groups in total. The maximum atomic E-state index is 13.2. The van der Waals surface area contributed by atoms with Gasteiger partial charge in [-0.25, -0.2) is 0 Å². The van der Waals surface area contributed by atoms with Crippen LogP contribution in [-0.2, 0) is 9.59 Å². The molecule has 1 saturated heterocycles. The molecule has 1 heterocycles. The second-order valence-electron chi connectivity index (χ2n) is 7.64. The van der Waals surface area contributed by atoms with E-state index in [1.165, 1.54) is 0 Å². The Morgan fingerprint density at radius 3 is 2.48 bits per heavy atom. The zero-order valence-electron chi connectivity index (χ0n) is 16.3. The summed E-state index contributed by atoms with van der Waals surface area (Å²) >= 11 is 0. The topological polar surface area (TPSA) is 70.1 Å². The van der Waals surface area contributed by atoms with Gasteiger partial charge in [0.05, 0.1) is 19.7 Å². The molecule has 1 amide bonds. The summed E-state index contributed by atoms with van der Waals surface area (Å²) in [7, 11) is 1.65. The summed E-state index contributed by atoms with van der Waals surface area (Å²) in [6.45, 7) is 2.59. The Morgan fingerprint density at radius 2 is 1.89 bits per heavy atom. The van der Waals surface area contributed by atoms with Crippen molar-refractivity contribution in [1.82, 2.24) is 9.80 Å². The molecule has 1 aliphatic heterocycles. The second-order valence-corrected chi connectivity index (χ2v) is 7.64. The summed E-state index contributed by atoms with van der Waals surface area (Å²) in [4.78, 5) is 28.5. The Balaban J connectivity index is 1.77. The first-order chi connectivity index (χ1) is 13.0. The highest BCUT2D eigenvalue weighted by atomic mass is 16.5. The Hall–Kier alpha value is -2.08. The van der Waals surface area contributed by atoms with Gasteiger partial charge in [0.2, 0.25) is 5.91 Å². The average molecular weight is 374 g/mol. The molecular formula is C21H30N2O4. The van der Waals surface area contributed by atoms with Crippen molar-refractivity contribution in [2.45, 2.75) is 63.6 Å². The van der Waals surface area contributed by atoms with Crippen molar-refractivity contribution in [3.05, 3.63) is 29.8 Å². The van der Waals surface area contributed by atoms with Crippen molar-refractivity contribution in [1.29, 1.82) is 0 Å². The smallest absolute Gasteiger partial charge is 0.320 e. The number of benzene rings is 1. The van der Waals surface area contributed by atoms with Crippen LogP contribution in [0.5, 0.6) is 5.75 Å². The summed E-state index contributed by atoms with van der Waals surface area (Å²) in [6, 6.07) is 7.59. The SMILES string of the molecule is COc1ccc(C2CCCCCN2C(=O)CN(C2CC2)C(C)C(=O)O)cc1. The van der Waals surface area contributed by atoms with Crippen LogP contribution >= 0.6 is 0 Å². The van der Waals surface area contributed by atoms with E-state index in [1.54, 1.807) is 14.0 Å². The molecule has 0 bridgehead atoms. The first-order valence-corrected chi connectivity index (χ1v) is 9.93. The van der Waals surface area contributed by atoms with Crippen molar-refractivity contribution in [3.8, 4) is 5.75 Å². The van der Waals surface area contributed by atoms with Crippen LogP contribution in [0, 0.1) is 0 Å². The van der Waals surface area contributed by atoms with Crippen LogP contribution < -0.4 is 4.74 Å². The summed E-state index contributed by atoms with van der Waals surface area (Å²) in [6.07, 6.45) is 6.11. The minimum atomic E-state index is -0.864. The van der Waals surface area contributed by atoms with E-state index in [4.69, 9.17) is 4.74 Å². The van der Waals surface area contributed by atoms with Crippen molar-refractivity contribution in [2.24, 2.45) is 0 Å². The second kappa shape index (κ2) is 8.74. The predicted molar refractivity (Wildman–Crippen MR) is 103 cm³/mol. The Bertz CT molecular complexity index is 657. The third kappa shape index (κ3) is 4.80. The Kier molecular flexibility index (Phi) is 6.37. The number of hydrogen-bond donors (Lipinski definition) is 1. The van der Waals surface area contributed by atoms with E-state index in [-0.39, 0.29) is 24.5 Å². The largest absolute Gasteiger partial charge is 0.497 e. The first-order valence-electron chi connectivity index (χ1n) is 9.93. The number of methoxy groups -OCH3 is 1. The van der Waals surface area contributed by atoms with E-state index in [1.807, 2.05) is 34.1 Å². The van der Waals surface area contributed by atoms with Gasteiger partial charge in [0, 0.05) is 12.6 Å². The summed E-state index contributed by atoms with van der Waals surface area (Å²) in [5, 5.41) is 9.40. The van der Waals surface area contributed by atoms with Crippen LogP contribution in [0.15, 0.2) is 24.3 Å². The van der Waals surface area contributed by atoms with Gasteiger partial charge in [0.1, 0.15) is 11.8 Å². The molecule has 1 saturated carbocycles. The highest BCUT2D eigenvalue weighted by Gasteiger charge is 2.38. The molecule has 3 rings (SSSR count). The van der Waals surface area contributed by atoms with Crippen molar-refractivity contribution in [3.63, 3.8) is 0 Å². The molecule has 1 aromatic rings. The number of nitrogens with zero attached hydrogens (tertiary/aromatic N) is 2. The van der Waals surface area contributed by atoms with E-state index in [9.17, 15) is 14.7 Å². The van der Waals surface area contributed by atoms with Gasteiger partial charge in [-0.3, -0.25) is 14.5 Å². The third-order valence-electron chi connectivity index (χ3n) is 5.76. The predicted octanol–water partition coefficient (Wildman–Crippen LogP) is 3.08. The summed E-state index contributed by atoms with van der Waals surface area (Å²) < 4.78 is 5.25. The molecule has 148 valence electrons. The van der Waals surface area contributed by atoms with Gasteiger partial charge in [0.15, 0.2) is 0 Å². The number of hydrogen-bond acceptors (Lipinski definition) is 4. The van der Waals surface area contributed by atoms with Crippen LogP contribution in [-0.4, -0.2) is 59.1 Å². The van der Waals surface area contributed by atoms with Gasteiger partial charge >= 0.3 is 5.97 Å². The summed E-state index contributed by atoms with van der Waals surface area (Å²) in [5.74, 6) is -0.0181. The van der Waals surface area contributed by atoms with Gasteiger partial charge in [-0.05, 0) is 50.3 Å². The molecule has 1 aliphatic carbocycles. The van der Waals surface area contributed by atoms with Crippen molar-refractivity contribution < 1.29 is 19.4 Å². The highest BCUT2D eigenvalue weighted by molar-refractivity contribution is 5.80. The third-order valence-corrected chi connectivity index (χ3v) is 5.76. The number of likely N-dealkylation sites (tertiary alicyclic amines) is 1. The quantitative estimate of drug-likeness (QED) is 0.794. The number of aliphatic carboxylic acids is 1. The number of carbonyl (C=O) groups is 2. The fraction of sp³-hybridized carbons (Fsp3) is 0.619. The van der Waals surface area contributed by atoms with Gasteiger partial charge < -0.3 is 14.7 Å². The van der Waals surface area contributed by atoms with Gasteiger partial charge in [0.25, 0.3) is 0 Å². The molecule has 2 unspecified atom stereocenters. The van der Waals surface area contributed by atoms with Crippen LogP contribution in [0.1, 0.15) is 57.1 Å². The molecule has 2 atom stereocenters. The Labute approximate surface area is 161 Å². The lowest BCUT2D eigenvalue weighted by atomic mass is 10.0. The molecule has 2 fully saturated rings. The van der Waals surface area contributed by atoms with E-state index in [0.717, 1.165) is 56.4 Å². The molecule has 0 spiro atoms. The van der Waals surface area contributed by atoms with Gasteiger partial charge in [-0.1, -0.05) is 25.0 Å². The molecule has 27 heavy (non-hydrogen) atoms. The molecule has 0 aromatic heterocycles. The van der Waals surface area contributed by atoms with Crippen molar-refractivity contribution in [2.75, 3.05) is 20.2 Å². The lowest BCUT2D eigenvalue weighted by Crippen LogP contribution is -2.48. The minimum Gasteiger partial charge on any atom is -0.497 e. The van der Waals surface area contributed by atoms with Crippen LogP contribution in [0.25, 0.3) is 0 Å². The van der Waals surface area contributed by atoms with Gasteiger partial charge in [-0.15, -0.1) is 0 Å². The normalized spacial score (nSPS) is 21.6. The fourth-order valence-electron chi connectivity index (χ4n) is 3.96. The number of carboxylic acids is 1. The van der Waals surface area contributed by atoms with Crippen molar-refractivity contribution >= 4 is 11.9 Å². The van der Waals surface area contributed by atoms with Crippen LogP contribution in [0.2, 0.25) is 0 Å². The lowest BCUT2D eigenvalue weighted by Gasteiger charge is -2.34. The van der Waals surface area contributed by atoms with E-state index < -0.39 is 12.0 Å². The number of ether oxygens (including phenoxy) is 1. The number of carboxylic acid groups (broad SMARTS) is 1. The zero-order chi connectivity index (χ0) is 19.4. The maximum absolute atomic E-state index is 13.2. The van der Waals surface area contributed by atoms with E-state index in [2.05, 4.69) is 0 Å². The molecule has 0 radical (unpaired) electrons. The molecule has 6 heteroatoms. The monoisotopic (exact) mass is 374 g/mol. The standard InChI is InChI=1S/C21H30N2O4/c1-15(21(25)26)23(17-9-10-17)14-20(24)22-13-5-3-4-6-19(22)16-7-11-18(27-2)12-8-16/h7-8,11-12,15,17,19H,3-6,9-10,13-14H2,1-2H3,(H,25,26). The highest BCUT2D eigenvalue weighted by Crippen LogP contribution is 2.33. The minimum absolute atomic E-state index is 0.0396. The van der Waals surface area contributed by atoms with Crippen LogP contribution in [0.3, 0.4) is 0 Å². The van der Waals surface area contributed by atoms with Crippen LogP contribution in [0.4, 0.5) is 0 Å². The number of amides is 1. The fourth-order valence-corrected chi connectivity index (χ4v) is 3.96. The molecule has 1 aromatic carbocycles. The molecule has 2 aliphatic rings. The first kappa shape index (κ1) is 19.7. The molecule has 6 nitrogen and oxygen atoms in total. The van der Waals surface area contributed by atoms with Gasteiger partial charge in [-0.2, -0.15) is 0 Å². The summed E-state index contributed by atoms with van der Waals surface area (Å²) in [5.41, 5.74) is 1.12. The number of carbonyl (C=O) groups excluding carboxylic acids is 1. The lowest BCUT2D eigenvalue weighted by molar-refractivity contribution is -0.145.